The average molecular weight is 434 g/mol. The van der Waals surface area contributed by atoms with E-state index in [1.54, 1.807) is 13.0 Å². The summed E-state index contributed by atoms with van der Waals surface area (Å²) in [5.41, 5.74) is 1.40. The molecule has 0 N–H and O–H groups in total. The SMILES string of the molecule is CC(=NS(=O)C(C)(C)C)c1cc2ccc(F)cn2c(=O)c1I. The Morgan fingerprint density at radius 3 is 2.59 bits per heavy atom. The van der Waals surface area contributed by atoms with Crippen LogP contribution in [0.25, 0.3) is 5.52 Å². The zero-order valence-corrected chi connectivity index (χ0v) is 15.7. The van der Waals surface area contributed by atoms with Crippen LogP contribution in [-0.2, 0) is 11.0 Å². The van der Waals surface area contributed by atoms with Crippen molar-refractivity contribution in [2.75, 3.05) is 0 Å². The lowest BCUT2D eigenvalue weighted by Gasteiger charge is -2.14. The summed E-state index contributed by atoms with van der Waals surface area (Å²) in [7, 11) is -1.40. The molecule has 1 unspecified atom stereocenters. The molecule has 0 fully saturated rings. The molecule has 0 saturated carbocycles. The summed E-state index contributed by atoms with van der Waals surface area (Å²) < 4.78 is 30.8. The lowest BCUT2D eigenvalue weighted by molar-refractivity contribution is 0.618. The monoisotopic (exact) mass is 434 g/mol. The van der Waals surface area contributed by atoms with Gasteiger partial charge in [0.2, 0.25) is 0 Å². The van der Waals surface area contributed by atoms with Crippen LogP contribution >= 0.6 is 22.6 Å². The number of fused-ring (bicyclic) bond motifs is 1. The first-order chi connectivity index (χ1) is 10.1. The van der Waals surface area contributed by atoms with Crippen molar-refractivity contribution in [3.05, 3.63) is 49.7 Å². The first-order valence-corrected chi connectivity index (χ1v) is 8.78. The van der Waals surface area contributed by atoms with Crippen LogP contribution in [0.2, 0.25) is 0 Å². The van der Waals surface area contributed by atoms with Gasteiger partial charge in [-0.25, -0.2) is 8.60 Å². The Balaban J connectivity index is 2.64. The molecular formula is C15H16FIN2O2S. The molecule has 4 nitrogen and oxygen atoms in total. The second-order valence-electron chi connectivity index (χ2n) is 5.86. The number of hydrogen-bond donors (Lipinski definition) is 0. The number of hydrogen-bond acceptors (Lipinski definition) is 2. The summed E-state index contributed by atoms with van der Waals surface area (Å²) in [6, 6.07) is 4.58. The third-order valence-corrected chi connectivity index (χ3v) is 5.54. The van der Waals surface area contributed by atoms with E-state index in [0.29, 0.717) is 20.4 Å². The van der Waals surface area contributed by atoms with Crippen LogP contribution < -0.4 is 5.56 Å². The maximum absolute atomic E-state index is 13.3. The zero-order valence-electron chi connectivity index (χ0n) is 12.7. The fraction of sp³-hybridized carbons (Fsp3) is 0.333. The van der Waals surface area contributed by atoms with Gasteiger partial charge in [0.05, 0.1) is 14.0 Å². The van der Waals surface area contributed by atoms with E-state index in [1.807, 2.05) is 43.4 Å². The molecule has 2 aromatic heterocycles. The maximum Gasteiger partial charge on any atom is 0.269 e. The molecule has 2 rings (SSSR count). The lowest BCUT2D eigenvalue weighted by atomic mass is 10.1. The highest BCUT2D eigenvalue weighted by Gasteiger charge is 2.20. The summed E-state index contributed by atoms with van der Waals surface area (Å²) in [5.74, 6) is -0.475. The molecule has 0 aromatic carbocycles. The van der Waals surface area contributed by atoms with Crippen LogP contribution in [0.3, 0.4) is 0 Å². The Morgan fingerprint density at radius 2 is 2.00 bits per heavy atom. The summed E-state index contributed by atoms with van der Waals surface area (Å²) in [6.45, 7) is 7.23. The predicted molar refractivity (Wildman–Crippen MR) is 96.4 cm³/mol. The van der Waals surface area contributed by atoms with Gasteiger partial charge in [0.15, 0.2) is 0 Å². The Bertz CT molecular complexity index is 853. The molecule has 0 radical (unpaired) electrons. The molecule has 22 heavy (non-hydrogen) atoms. The van der Waals surface area contributed by atoms with Crippen LogP contribution in [0.4, 0.5) is 4.39 Å². The number of pyridine rings is 2. The minimum Gasteiger partial charge on any atom is -0.280 e. The fourth-order valence-corrected chi connectivity index (χ4v) is 3.21. The summed E-state index contributed by atoms with van der Waals surface area (Å²) >= 11 is 1.91. The van der Waals surface area contributed by atoms with E-state index in [4.69, 9.17) is 0 Å². The van der Waals surface area contributed by atoms with E-state index in [0.717, 1.165) is 6.20 Å². The van der Waals surface area contributed by atoms with Crippen molar-refractivity contribution in [1.82, 2.24) is 4.40 Å². The van der Waals surface area contributed by atoms with Crippen molar-refractivity contribution in [2.45, 2.75) is 32.4 Å². The number of rotatable bonds is 2. The normalized spacial score (nSPS) is 14.4. The van der Waals surface area contributed by atoms with Crippen LogP contribution in [0.15, 0.2) is 33.6 Å². The minimum absolute atomic E-state index is 0.316. The van der Waals surface area contributed by atoms with Gasteiger partial charge in [-0.1, -0.05) is 0 Å². The highest BCUT2D eigenvalue weighted by Crippen LogP contribution is 2.17. The molecule has 0 aliphatic heterocycles. The largest absolute Gasteiger partial charge is 0.280 e. The minimum atomic E-state index is -1.40. The Morgan fingerprint density at radius 1 is 1.36 bits per heavy atom. The molecule has 0 bridgehead atoms. The van der Waals surface area contributed by atoms with Crippen molar-refractivity contribution in [1.29, 1.82) is 0 Å². The highest BCUT2D eigenvalue weighted by atomic mass is 127. The van der Waals surface area contributed by atoms with E-state index >= 15 is 0 Å². The molecule has 1 atom stereocenters. The van der Waals surface area contributed by atoms with Crippen molar-refractivity contribution < 1.29 is 8.60 Å². The Labute approximate surface area is 144 Å². The maximum atomic E-state index is 13.3. The average Bonchev–Trinajstić information content (AvgIpc) is 2.42. The van der Waals surface area contributed by atoms with Gasteiger partial charge in [-0.15, -0.1) is 0 Å². The quantitative estimate of drug-likeness (QED) is 0.538. The summed E-state index contributed by atoms with van der Waals surface area (Å²) in [4.78, 5) is 12.3. The van der Waals surface area contributed by atoms with E-state index in [2.05, 4.69) is 4.40 Å². The van der Waals surface area contributed by atoms with Gasteiger partial charge in [0.25, 0.3) is 5.56 Å². The highest BCUT2D eigenvalue weighted by molar-refractivity contribution is 14.1. The van der Waals surface area contributed by atoms with Crippen LogP contribution in [0, 0.1) is 9.39 Å². The topological polar surface area (TPSA) is 50.9 Å². The van der Waals surface area contributed by atoms with Gasteiger partial charge in [0, 0.05) is 17.3 Å². The second-order valence-corrected chi connectivity index (χ2v) is 8.84. The third kappa shape index (κ3) is 3.45. The molecular weight excluding hydrogens is 418 g/mol. The molecule has 0 saturated heterocycles. The van der Waals surface area contributed by atoms with Gasteiger partial charge in [0.1, 0.15) is 16.8 Å². The van der Waals surface area contributed by atoms with Gasteiger partial charge in [-0.05, 0) is 68.5 Å². The van der Waals surface area contributed by atoms with Crippen LogP contribution in [-0.4, -0.2) is 19.1 Å². The first kappa shape index (κ1) is 17.3. The molecule has 2 heterocycles. The van der Waals surface area contributed by atoms with Crippen LogP contribution in [0.5, 0.6) is 0 Å². The molecule has 0 aliphatic carbocycles. The molecule has 2 aromatic rings. The zero-order chi connectivity index (χ0) is 16.7. The van der Waals surface area contributed by atoms with E-state index < -0.39 is 21.5 Å². The Hall–Kier alpha value is -1.09. The van der Waals surface area contributed by atoms with Gasteiger partial charge < -0.3 is 0 Å². The standard InChI is InChI=1S/C15H16FIN2O2S/c1-9(18-22(21)15(2,3)4)12-7-11-6-5-10(16)8-19(11)14(20)13(12)17/h5-8H,1-4H3. The molecule has 0 aliphatic rings. The molecule has 0 spiro atoms. The number of aromatic nitrogens is 1. The van der Waals surface area contributed by atoms with Crippen molar-refractivity contribution in [3.8, 4) is 0 Å². The Kier molecular flexibility index (Phi) is 4.86. The van der Waals surface area contributed by atoms with Gasteiger partial charge in [-0.2, -0.15) is 4.40 Å². The van der Waals surface area contributed by atoms with E-state index in [1.165, 1.54) is 16.5 Å². The van der Waals surface area contributed by atoms with E-state index in [-0.39, 0.29) is 5.56 Å². The smallest absolute Gasteiger partial charge is 0.269 e. The van der Waals surface area contributed by atoms with Crippen LogP contribution in [0.1, 0.15) is 33.3 Å². The van der Waals surface area contributed by atoms with E-state index in [9.17, 15) is 13.4 Å². The van der Waals surface area contributed by atoms with Crippen molar-refractivity contribution in [3.63, 3.8) is 0 Å². The van der Waals surface area contributed by atoms with Gasteiger partial charge >= 0.3 is 0 Å². The van der Waals surface area contributed by atoms with Gasteiger partial charge in [-0.3, -0.25) is 9.20 Å². The number of nitrogens with zero attached hydrogens (tertiary/aromatic N) is 2. The summed E-state index contributed by atoms with van der Waals surface area (Å²) in [6.07, 6.45) is 1.16. The lowest BCUT2D eigenvalue weighted by Crippen LogP contribution is -2.23. The number of halogens is 2. The summed E-state index contributed by atoms with van der Waals surface area (Å²) in [5, 5.41) is 0. The predicted octanol–water partition coefficient (Wildman–Crippen LogP) is 3.31. The first-order valence-electron chi connectivity index (χ1n) is 6.59. The third-order valence-electron chi connectivity index (χ3n) is 3.01. The fourth-order valence-electron chi connectivity index (χ4n) is 1.79. The molecule has 118 valence electrons. The van der Waals surface area contributed by atoms with Crippen molar-refractivity contribution in [2.24, 2.45) is 4.40 Å². The van der Waals surface area contributed by atoms with Crippen molar-refractivity contribution >= 4 is 44.8 Å². The molecule has 0 amide bonds. The second kappa shape index (κ2) is 6.19. The molecule has 7 heteroatoms.